The molecule has 7 heteroatoms. The van der Waals surface area contributed by atoms with E-state index in [9.17, 15) is 8.42 Å². The maximum absolute atomic E-state index is 11.2. The SMILES string of the molecule is NS(=O)(=O)c1[nH]c(C2CCCCC2)nc1Br. The van der Waals surface area contributed by atoms with Gasteiger partial charge in [-0.2, -0.15) is 0 Å². The third kappa shape index (κ3) is 2.46. The van der Waals surface area contributed by atoms with E-state index in [1.165, 1.54) is 19.3 Å². The van der Waals surface area contributed by atoms with Crippen LogP contribution in [0.15, 0.2) is 9.63 Å². The number of nitrogens with zero attached hydrogens (tertiary/aromatic N) is 1. The molecular weight excluding hydrogens is 294 g/mol. The van der Waals surface area contributed by atoms with E-state index in [1.807, 2.05) is 0 Å². The average Bonchev–Trinajstić information content (AvgIpc) is 2.61. The van der Waals surface area contributed by atoms with E-state index in [1.54, 1.807) is 0 Å². The van der Waals surface area contributed by atoms with Crippen molar-refractivity contribution in [2.45, 2.75) is 43.0 Å². The van der Waals surface area contributed by atoms with Crippen LogP contribution in [0.3, 0.4) is 0 Å². The lowest BCUT2D eigenvalue weighted by molar-refractivity contribution is 0.430. The Morgan fingerprint density at radius 1 is 1.31 bits per heavy atom. The lowest BCUT2D eigenvalue weighted by Gasteiger charge is -2.19. The minimum atomic E-state index is -3.72. The number of sulfonamides is 1. The number of nitrogens with two attached hydrogens (primary N) is 1. The molecular formula is C9H14BrN3O2S. The summed E-state index contributed by atoms with van der Waals surface area (Å²) >= 11 is 3.12. The molecule has 90 valence electrons. The number of aromatic nitrogens is 2. The second-order valence-electron chi connectivity index (χ2n) is 4.12. The minimum Gasteiger partial charge on any atom is -0.331 e. The van der Waals surface area contributed by atoms with Gasteiger partial charge in [-0.25, -0.2) is 18.5 Å². The first-order chi connectivity index (χ1) is 7.48. The molecule has 1 heterocycles. The van der Waals surface area contributed by atoms with Crippen molar-refractivity contribution in [3.8, 4) is 0 Å². The first-order valence-electron chi connectivity index (χ1n) is 5.26. The number of nitrogens with one attached hydrogen (secondary N) is 1. The van der Waals surface area contributed by atoms with E-state index in [2.05, 4.69) is 25.9 Å². The highest BCUT2D eigenvalue weighted by Gasteiger charge is 2.23. The van der Waals surface area contributed by atoms with Gasteiger partial charge < -0.3 is 4.98 Å². The number of aromatic amines is 1. The summed E-state index contributed by atoms with van der Waals surface area (Å²) in [6.07, 6.45) is 5.72. The van der Waals surface area contributed by atoms with Gasteiger partial charge >= 0.3 is 0 Å². The maximum atomic E-state index is 11.2. The van der Waals surface area contributed by atoms with Crippen molar-refractivity contribution in [1.29, 1.82) is 0 Å². The molecule has 0 bridgehead atoms. The van der Waals surface area contributed by atoms with Crippen LogP contribution in [-0.4, -0.2) is 18.4 Å². The van der Waals surface area contributed by atoms with Crippen LogP contribution in [0.5, 0.6) is 0 Å². The van der Waals surface area contributed by atoms with Crippen LogP contribution in [0.4, 0.5) is 0 Å². The Bertz CT molecular complexity index is 477. The Morgan fingerprint density at radius 3 is 2.44 bits per heavy atom. The van der Waals surface area contributed by atoms with E-state index >= 15 is 0 Å². The van der Waals surface area contributed by atoms with Gasteiger partial charge in [0.05, 0.1) is 0 Å². The van der Waals surface area contributed by atoms with Crippen LogP contribution in [0.1, 0.15) is 43.8 Å². The molecule has 1 aliphatic rings. The van der Waals surface area contributed by atoms with Gasteiger partial charge in [0.1, 0.15) is 10.4 Å². The number of hydrogen-bond acceptors (Lipinski definition) is 3. The average molecular weight is 308 g/mol. The van der Waals surface area contributed by atoms with Crippen molar-refractivity contribution in [1.82, 2.24) is 9.97 Å². The number of primary sulfonamides is 1. The molecule has 0 unspecified atom stereocenters. The topological polar surface area (TPSA) is 88.8 Å². The lowest BCUT2D eigenvalue weighted by Crippen LogP contribution is -2.13. The molecule has 2 rings (SSSR count). The quantitative estimate of drug-likeness (QED) is 0.874. The van der Waals surface area contributed by atoms with Gasteiger partial charge in [0, 0.05) is 5.92 Å². The molecule has 1 aliphatic carbocycles. The van der Waals surface area contributed by atoms with E-state index in [-0.39, 0.29) is 9.63 Å². The molecule has 1 aromatic heterocycles. The van der Waals surface area contributed by atoms with Gasteiger partial charge in [-0.1, -0.05) is 19.3 Å². The minimum absolute atomic E-state index is 0.0203. The van der Waals surface area contributed by atoms with Gasteiger partial charge in [-0.05, 0) is 28.8 Å². The zero-order valence-corrected chi connectivity index (χ0v) is 11.1. The van der Waals surface area contributed by atoms with Crippen LogP contribution in [0.2, 0.25) is 0 Å². The van der Waals surface area contributed by atoms with Crippen LogP contribution in [0, 0.1) is 0 Å². The van der Waals surface area contributed by atoms with Crippen molar-refractivity contribution >= 4 is 26.0 Å². The number of imidazole rings is 1. The molecule has 1 saturated carbocycles. The summed E-state index contributed by atoms with van der Waals surface area (Å²) in [5, 5.41) is 5.05. The monoisotopic (exact) mass is 307 g/mol. The molecule has 0 spiro atoms. The fraction of sp³-hybridized carbons (Fsp3) is 0.667. The zero-order chi connectivity index (χ0) is 11.8. The molecule has 1 fully saturated rings. The van der Waals surface area contributed by atoms with Crippen molar-refractivity contribution in [3.05, 3.63) is 10.4 Å². The van der Waals surface area contributed by atoms with E-state index < -0.39 is 10.0 Å². The number of halogens is 1. The molecule has 5 nitrogen and oxygen atoms in total. The first kappa shape index (κ1) is 12.1. The number of hydrogen-bond donors (Lipinski definition) is 2. The predicted octanol–water partition coefficient (Wildman–Crippen LogP) is 1.87. The van der Waals surface area contributed by atoms with Crippen LogP contribution >= 0.6 is 15.9 Å². The van der Waals surface area contributed by atoms with Crippen LogP contribution in [-0.2, 0) is 10.0 Å². The Hall–Kier alpha value is -0.400. The molecule has 0 aromatic carbocycles. The number of H-pyrrole nitrogens is 1. The first-order valence-corrected chi connectivity index (χ1v) is 7.60. The molecule has 0 radical (unpaired) electrons. The third-order valence-electron chi connectivity index (χ3n) is 2.92. The summed E-state index contributed by atoms with van der Waals surface area (Å²) in [5.41, 5.74) is 0. The van der Waals surface area contributed by atoms with Gasteiger partial charge in [0.2, 0.25) is 0 Å². The smallest absolute Gasteiger partial charge is 0.256 e. The van der Waals surface area contributed by atoms with Crippen molar-refractivity contribution in [2.24, 2.45) is 5.14 Å². The summed E-state index contributed by atoms with van der Waals surface area (Å²) in [7, 11) is -3.72. The summed E-state index contributed by atoms with van der Waals surface area (Å²) in [6, 6.07) is 0. The maximum Gasteiger partial charge on any atom is 0.256 e. The van der Waals surface area contributed by atoms with Crippen molar-refractivity contribution in [3.63, 3.8) is 0 Å². The van der Waals surface area contributed by atoms with Crippen molar-refractivity contribution < 1.29 is 8.42 Å². The highest BCUT2D eigenvalue weighted by molar-refractivity contribution is 9.10. The van der Waals surface area contributed by atoms with Crippen molar-refractivity contribution in [2.75, 3.05) is 0 Å². The fourth-order valence-electron chi connectivity index (χ4n) is 2.11. The second kappa shape index (κ2) is 4.46. The molecule has 0 saturated heterocycles. The predicted molar refractivity (Wildman–Crippen MR) is 63.5 cm³/mol. The molecule has 0 atom stereocenters. The summed E-state index contributed by atoms with van der Waals surface area (Å²) in [6.45, 7) is 0. The van der Waals surface area contributed by atoms with E-state index in [0.29, 0.717) is 5.92 Å². The summed E-state index contributed by atoms with van der Waals surface area (Å²) < 4.78 is 22.7. The second-order valence-corrected chi connectivity index (χ2v) is 6.37. The van der Waals surface area contributed by atoms with Crippen LogP contribution < -0.4 is 5.14 Å². The normalized spacial score (nSPS) is 18.9. The van der Waals surface area contributed by atoms with Crippen LogP contribution in [0.25, 0.3) is 0 Å². The fourth-order valence-corrected chi connectivity index (χ4v) is 3.60. The van der Waals surface area contributed by atoms with E-state index in [4.69, 9.17) is 5.14 Å². The Balaban J connectivity index is 2.30. The Morgan fingerprint density at radius 2 is 1.94 bits per heavy atom. The van der Waals surface area contributed by atoms with E-state index in [0.717, 1.165) is 18.7 Å². The molecule has 3 N–H and O–H groups in total. The standard InChI is InChI=1S/C9H14BrN3O2S/c10-7-9(16(11,14)15)13-8(12-7)6-4-2-1-3-5-6/h6H,1-5H2,(H,12,13)(H2,11,14,15). The molecule has 16 heavy (non-hydrogen) atoms. The number of rotatable bonds is 2. The highest BCUT2D eigenvalue weighted by atomic mass is 79.9. The van der Waals surface area contributed by atoms with Gasteiger partial charge in [-0.15, -0.1) is 0 Å². The summed E-state index contributed by atoms with van der Waals surface area (Å²) in [5.74, 6) is 1.07. The highest BCUT2D eigenvalue weighted by Crippen LogP contribution is 2.32. The molecule has 1 aromatic rings. The third-order valence-corrected chi connectivity index (χ3v) is 4.62. The zero-order valence-electron chi connectivity index (χ0n) is 8.74. The summed E-state index contributed by atoms with van der Waals surface area (Å²) in [4.78, 5) is 7.02. The van der Waals surface area contributed by atoms with Gasteiger partial charge in [0.15, 0.2) is 5.03 Å². The Labute approximate surface area is 103 Å². The molecule has 0 amide bonds. The van der Waals surface area contributed by atoms with Gasteiger partial charge in [-0.3, -0.25) is 0 Å². The van der Waals surface area contributed by atoms with Gasteiger partial charge in [0.25, 0.3) is 10.0 Å². The largest absolute Gasteiger partial charge is 0.331 e. The molecule has 0 aliphatic heterocycles. The lowest BCUT2D eigenvalue weighted by atomic mass is 9.89. The Kier molecular flexibility index (Phi) is 3.37.